The molecule has 4 aromatic rings. The third kappa shape index (κ3) is 5.18. The minimum atomic E-state index is -0.0299. The molecule has 38 heavy (non-hydrogen) atoms. The Morgan fingerprint density at radius 3 is 2.55 bits per heavy atom. The van der Waals surface area contributed by atoms with Gasteiger partial charge in [0.2, 0.25) is 17.4 Å². The summed E-state index contributed by atoms with van der Waals surface area (Å²) in [5.74, 6) is 2.29. The first-order valence-electron chi connectivity index (χ1n) is 12.1. The Labute approximate surface area is 233 Å². The molecular formula is C27H29BrN5O4S+. The van der Waals surface area contributed by atoms with Gasteiger partial charge in [0, 0.05) is 25.6 Å². The lowest BCUT2D eigenvalue weighted by Gasteiger charge is -2.15. The molecule has 0 saturated heterocycles. The predicted molar refractivity (Wildman–Crippen MR) is 152 cm³/mol. The minimum Gasteiger partial charge on any atom is -0.493 e. The molecule has 1 aliphatic heterocycles. The van der Waals surface area contributed by atoms with E-state index in [1.54, 1.807) is 39.8 Å². The van der Waals surface area contributed by atoms with Crippen molar-refractivity contribution in [3.8, 4) is 17.2 Å². The van der Waals surface area contributed by atoms with Gasteiger partial charge in [0.15, 0.2) is 24.3 Å². The van der Waals surface area contributed by atoms with Crippen molar-refractivity contribution >= 4 is 55.3 Å². The molecule has 1 N–H and O–H groups in total. The van der Waals surface area contributed by atoms with Gasteiger partial charge in [0.05, 0.1) is 43.8 Å². The van der Waals surface area contributed by atoms with Gasteiger partial charge in [-0.3, -0.25) is 0 Å². The third-order valence-electron chi connectivity index (χ3n) is 6.40. The maximum Gasteiger partial charge on any atom is 0.228 e. The molecule has 5 rings (SSSR count). The number of nitrogens with one attached hydrogen (secondary N) is 1. The van der Waals surface area contributed by atoms with Gasteiger partial charge in [-0.15, -0.1) is 11.3 Å². The van der Waals surface area contributed by atoms with Gasteiger partial charge >= 0.3 is 0 Å². The first-order chi connectivity index (χ1) is 18.6. The van der Waals surface area contributed by atoms with Crippen LogP contribution in [0.1, 0.15) is 29.2 Å². The van der Waals surface area contributed by atoms with Gasteiger partial charge in [-0.2, -0.15) is 4.58 Å². The van der Waals surface area contributed by atoms with Gasteiger partial charge in [0.25, 0.3) is 0 Å². The molecule has 3 aromatic heterocycles. The molecule has 9 nitrogen and oxygen atoms in total. The summed E-state index contributed by atoms with van der Waals surface area (Å²) in [7, 11) is 6.53. The zero-order valence-electron chi connectivity index (χ0n) is 21.7. The summed E-state index contributed by atoms with van der Waals surface area (Å²) in [5.41, 5.74) is 5.07. The maximum absolute atomic E-state index is 5.51. The molecule has 0 aliphatic carbocycles. The SMILES string of the molecule is COCCC[N+]1=CC(c2nc(NCc3cc(OC)c(OC)c(OC)c3)nc3ccsc23)c2cc(Br)ncc21. The summed E-state index contributed by atoms with van der Waals surface area (Å²) in [4.78, 5) is 14.3. The van der Waals surface area contributed by atoms with Crippen LogP contribution >= 0.6 is 27.3 Å². The van der Waals surface area contributed by atoms with E-state index in [-0.39, 0.29) is 5.92 Å². The minimum absolute atomic E-state index is 0.0299. The van der Waals surface area contributed by atoms with Crippen LogP contribution in [0.3, 0.4) is 0 Å². The van der Waals surface area contributed by atoms with Gasteiger partial charge in [-0.1, -0.05) is 0 Å². The second-order valence-corrected chi connectivity index (χ2v) is 10.4. The smallest absolute Gasteiger partial charge is 0.228 e. The van der Waals surface area contributed by atoms with Crippen molar-refractivity contribution in [2.45, 2.75) is 18.9 Å². The number of halogens is 1. The molecule has 1 unspecified atom stereocenters. The van der Waals surface area contributed by atoms with Gasteiger partial charge in [-0.25, -0.2) is 15.0 Å². The van der Waals surface area contributed by atoms with E-state index in [1.807, 2.05) is 24.4 Å². The predicted octanol–water partition coefficient (Wildman–Crippen LogP) is 5.38. The van der Waals surface area contributed by atoms with Crippen molar-refractivity contribution in [2.75, 3.05) is 46.9 Å². The lowest BCUT2D eigenvalue weighted by Crippen LogP contribution is -2.11. The van der Waals surface area contributed by atoms with E-state index < -0.39 is 0 Å². The monoisotopic (exact) mass is 598 g/mol. The van der Waals surface area contributed by atoms with Crippen molar-refractivity contribution in [3.63, 3.8) is 0 Å². The van der Waals surface area contributed by atoms with Crippen molar-refractivity contribution < 1.29 is 23.5 Å². The molecule has 0 radical (unpaired) electrons. The number of methoxy groups -OCH3 is 4. The van der Waals surface area contributed by atoms with Crippen LogP contribution in [0, 0.1) is 0 Å². The third-order valence-corrected chi connectivity index (χ3v) is 7.76. The molecule has 198 valence electrons. The number of pyridine rings is 1. The van der Waals surface area contributed by atoms with Gasteiger partial charge in [-0.05, 0) is 51.1 Å². The molecule has 0 fully saturated rings. The highest BCUT2D eigenvalue weighted by Gasteiger charge is 2.35. The van der Waals surface area contributed by atoms with Crippen molar-refractivity contribution in [1.82, 2.24) is 15.0 Å². The van der Waals surface area contributed by atoms with Crippen LogP contribution in [0.15, 0.2) is 40.4 Å². The van der Waals surface area contributed by atoms with E-state index in [0.29, 0.717) is 36.3 Å². The van der Waals surface area contributed by atoms with E-state index in [9.17, 15) is 0 Å². The average molecular weight is 600 g/mol. The number of rotatable bonds is 11. The quantitative estimate of drug-likeness (QED) is 0.140. The van der Waals surface area contributed by atoms with Crippen LogP contribution in [0.25, 0.3) is 10.2 Å². The Morgan fingerprint density at radius 2 is 1.84 bits per heavy atom. The molecule has 4 heterocycles. The summed E-state index contributed by atoms with van der Waals surface area (Å²) in [6.45, 7) is 2.02. The van der Waals surface area contributed by atoms with E-state index in [0.717, 1.165) is 50.3 Å². The first-order valence-corrected chi connectivity index (χ1v) is 13.8. The van der Waals surface area contributed by atoms with E-state index in [4.69, 9.17) is 28.9 Å². The summed E-state index contributed by atoms with van der Waals surface area (Å²) in [5, 5.41) is 5.46. The Hall–Kier alpha value is -3.28. The van der Waals surface area contributed by atoms with Crippen molar-refractivity contribution in [3.05, 3.63) is 57.3 Å². The maximum atomic E-state index is 5.51. The summed E-state index contributed by atoms with van der Waals surface area (Å²) >= 11 is 5.21. The lowest BCUT2D eigenvalue weighted by atomic mass is 9.98. The fourth-order valence-corrected chi connectivity index (χ4v) is 5.86. The van der Waals surface area contributed by atoms with Crippen LogP contribution in [-0.4, -0.2) is 67.3 Å². The van der Waals surface area contributed by atoms with E-state index in [2.05, 4.69) is 48.5 Å². The second-order valence-electron chi connectivity index (χ2n) is 8.69. The van der Waals surface area contributed by atoms with Gasteiger partial charge < -0.3 is 24.3 Å². The Morgan fingerprint density at radius 1 is 1.05 bits per heavy atom. The number of fused-ring (bicyclic) bond motifs is 2. The number of hydrogen-bond donors (Lipinski definition) is 1. The normalized spacial score (nSPS) is 14.3. The lowest BCUT2D eigenvalue weighted by molar-refractivity contribution is -0.434. The highest BCUT2D eigenvalue weighted by atomic mass is 79.9. The number of benzene rings is 1. The first kappa shape index (κ1) is 26.3. The molecule has 0 amide bonds. The number of ether oxygens (including phenoxy) is 4. The average Bonchev–Trinajstić information content (AvgIpc) is 3.55. The van der Waals surface area contributed by atoms with Crippen molar-refractivity contribution in [2.24, 2.45) is 0 Å². The standard InChI is InChI=1S/C27H29BrN5O4S/c1-34-8-5-7-33-15-18(17-12-23(28)29-14-20(17)33)24-26-19(6-9-38-26)31-27(32-24)30-13-16-10-21(35-2)25(37-4)22(11-16)36-3/h6,9-12,14-15,18H,5,7-8,13H2,1-4H3,(H,30,31,32)/q+1. The fourth-order valence-electron chi connectivity index (χ4n) is 4.65. The number of nitrogens with zero attached hydrogens (tertiary/aromatic N) is 4. The number of hydrogen-bond acceptors (Lipinski definition) is 9. The molecule has 0 saturated carbocycles. The van der Waals surface area contributed by atoms with Crippen LogP contribution in [0.4, 0.5) is 11.6 Å². The van der Waals surface area contributed by atoms with E-state index in [1.165, 1.54) is 0 Å². The summed E-state index contributed by atoms with van der Waals surface area (Å²) in [6, 6.07) is 7.95. The second kappa shape index (κ2) is 11.6. The summed E-state index contributed by atoms with van der Waals surface area (Å²) in [6.07, 6.45) is 5.06. The molecular weight excluding hydrogens is 570 g/mol. The van der Waals surface area contributed by atoms with Crippen LogP contribution < -0.4 is 19.5 Å². The molecule has 1 aromatic carbocycles. The van der Waals surface area contributed by atoms with Crippen LogP contribution in [0.5, 0.6) is 17.2 Å². The Balaban J connectivity index is 1.49. The van der Waals surface area contributed by atoms with Crippen LogP contribution in [-0.2, 0) is 11.3 Å². The molecule has 0 spiro atoms. The highest BCUT2D eigenvalue weighted by Crippen LogP contribution is 2.41. The zero-order chi connectivity index (χ0) is 26.6. The number of thiophene rings is 1. The van der Waals surface area contributed by atoms with Crippen molar-refractivity contribution in [1.29, 1.82) is 0 Å². The van der Waals surface area contributed by atoms with Gasteiger partial charge in [0.1, 0.15) is 16.7 Å². The molecule has 1 aliphatic rings. The fraction of sp³-hybridized carbons (Fsp3) is 0.333. The zero-order valence-corrected chi connectivity index (χ0v) is 24.1. The Kier molecular flexibility index (Phi) is 8.06. The van der Waals surface area contributed by atoms with E-state index >= 15 is 0 Å². The highest BCUT2D eigenvalue weighted by molar-refractivity contribution is 9.10. The molecule has 11 heteroatoms. The summed E-state index contributed by atoms with van der Waals surface area (Å²) < 4.78 is 25.9. The number of anilines is 1. The molecule has 1 atom stereocenters. The topological polar surface area (TPSA) is 90.6 Å². The Bertz CT molecular complexity index is 1470. The van der Waals surface area contributed by atoms with Crippen LogP contribution in [0.2, 0.25) is 0 Å². The largest absolute Gasteiger partial charge is 0.493 e. The molecule has 0 bridgehead atoms. The number of aromatic nitrogens is 3.